The summed E-state index contributed by atoms with van der Waals surface area (Å²) in [5.74, 6) is 0.724. The summed E-state index contributed by atoms with van der Waals surface area (Å²) in [5.41, 5.74) is 2.65. The molecule has 1 atom stereocenters. The average Bonchev–Trinajstić information content (AvgIpc) is 3.13. The minimum Gasteiger partial charge on any atom is -0.328 e. The van der Waals surface area contributed by atoms with Crippen LogP contribution in [-0.4, -0.2) is 20.5 Å². The molecule has 170 valence electrons. The van der Waals surface area contributed by atoms with E-state index in [0.717, 1.165) is 11.3 Å². The Morgan fingerprint density at radius 2 is 2.00 bits per heavy atom. The van der Waals surface area contributed by atoms with E-state index in [-0.39, 0.29) is 17.0 Å². The number of allylic oxidation sites excluding steroid dienone is 2. The first-order chi connectivity index (χ1) is 15.7. The van der Waals surface area contributed by atoms with Crippen molar-refractivity contribution in [3.05, 3.63) is 80.7 Å². The second kappa shape index (κ2) is 8.46. The smallest absolute Gasteiger partial charge is 0.227 e. The molecule has 0 radical (unpaired) electrons. The summed E-state index contributed by atoms with van der Waals surface area (Å²) in [6.07, 6.45) is 1.15. The molecule has 0 saturated heterocycles. The van der Waals surface area contributed by atoms with Crippen molar-refractivity contribution in [1.29, 1.82) is 0 Å². The molecule has 3 aromatic rings. The molecule has 5 rings (SSSR count). The maximum Gasteiger partial charge on any atom is 0.227 e. The Balaban J connectivity index is 1.56. The Kier molecular flexibility index (Phi) is 5.75. The Hall–Kier alpha value is -2.35. The number of hydrogen-bond donors (Lipinski definition) is 1. The summed E-state index contributed by atoms with van der Waals surface area (Å²) >= 11 is 14.1. The van der Waals surface area contributed by atoms with Gasteiger partial charge in [-0.2, -0.15) is 4.98 Å². The van der Waals surface area contributed by atoms with Gasteiger partial charge in [-0.05, 0) is 35.6 Å². The Morgan fingerprint density at radius 1 is 1.21 bits per heavy atom. The number of halogens is 3. The molecule has 1 aliphatic carbocycles. The van der Waals surface area contributed by atoms with Gasteiger partial charge in [-0.3, -0.25) is 4.79 Å². The molecule has 0 bridgehead atoms. The summed E-state index contributed by atoms with van der Waals surface area (Å²) in [7, 11) is 0. The van der Waals surface area contributed by atoms with Crippen LogP contribution in [0.3, 0.4) is 0 Å². The first-order valence-corrected chi connectivity index (χ1v) is 12.3. The van der Waals surface area contributed by atoms with Crippen molar-refractivity contribution in [2.24, 2.45) is 5.41 Å². The first-order valence-electron chi connectivity index (χ1n) is 10.5. The van der Waals surface area contributed by atoms with Gasteiger partial charge in [0.25, 0.3) is 0 Å². The largest absolute Gasteiger partial charge is 0.328 e. The highest BCUT2D eigenvalue weighted by Gasteiger charge is 2.42. The van der Waals surface area contributed by atoms with E-state index in [1.165, 1.54) is 17.8 Å². The van der Waals surface area contributed by atoms with E-state index in [1.807, 2.05) is 6.07 Å². The molecule has 0 saturated carbocycles. The fraction of sp³-hybridized carbons (Fsp3) is 0.292. The Morgan fingerprint density at radius 3 is 2.76 bits per heavy atom. The zero-order valence-electron chi connectivity index (χ0n) is 18.0. The van der Waals surface area contributed by atoms with Gasteiger partial charge in [0, 0.05) is 39.1 Å². The number of thioether (sulfide) groups is 1. The van der Waals surface area contributed by atoms with E-state index >= 15 is 0 Å². The number of benzene rings is 2. The molecule has 1 aliphatic heterocycles. The summed E-state index contributed by atoms with van der Waals surface area (Å²) < 4.78 is 15.8. The molecule has 0 fully saturated rings. The van der Waals surface area contributed by atoms with Gasteiger partial charge in [-0.15, -0.1) is 5.10 Å². The standard InChI is InChI=1S/C24H21Cl2FN4OS/c1-24(2)10-18-20(19(32)11-24)21(15-8-7-14(25)9-16(15)26)31-22(28-18)29-23(30-31)33-12-13-5-3-4-6-17(13)27/h3-9,21H,10-12H2,1-2H3,(H,28,29,30)/t21-/m1/s1. The van der Waals surface area contributed by atoms with Gasteiger partial charge in [0.2, 0.25) is 11.1 Å². The highest BCUT2D eigenvalue weighted by Crippen LogP contribution is 2.47. The number of hydrogen-bond acceptors (Lipinski definition) is 5. The molecular weight excluding hydrogens is 482 g/mol. The molecule has 0 amide bonds. The predicted molar refractivity (Wildman–Crippen MR) is 129 cm³/mol. The van der Waals surface area contributed by atoms with Gasteiger partial charge in [-0.1, -0.05) is 73.1 Å². The maximum atomic E-state index is 14.1. The average molecular weight is 503 g/mol. The topological polar surface area (TPSA) is 59.8 Å². The molecule has 1 N–H and O–H groups in total. The summed E-state index contributed by atoms with van der Waals surface area (Å²) in [5, 5.41) is 9.49. The molecule has 0 spiro atoms. The predicted octanol–water partition coefficient (Wildman–Crippen LogP) is 6.67. The summed E-state index contributed by atoms with van der Waals surface area (Å²) in [6, 6.07) is 11.4. The van der Waals surface area contributed by atoms with Crippen LogP contribution in [-0.2, 0) is 10.5 Å². The van der Waals surface area contributed by atoms with E-state index in [0.29, 0.717) is 50.9 Å². The number of nitrogens with zero attached hydrogens (tertiary/aromatic N) is 3. The lowest BCUT2D eigenvalue weighted by Crippen LogP contribution is -2.36. The monoisotopic (exact) mass is 502 g/mol. The van der Waals surface area contributed by atoms with E-state index in [2.05, 4.69) is 29.2 Å². The lowest BCUT2D eigenvalue weighted by Gasteiger charge is -2.38. The van der Waals surface area contributed by atoms with Gasteiger partial charge in [-0.25, -0.2) is 9.07 Å². The third kappa shape index (κ3) is 4.29. The first kappa shape index (κ1) is 22.4. The fourth-order valence-electron chi connectivity index (χ4n) is 4.42. The maximum absolute atomic E-state index is 14.1. The van der Waals surface area contributed by atoms with E-state index in [4.69, 9.17) is 23.2 Å². The minimum atomic E-state index is -0.514. The van der Waals surface area contributed by atoms with E-state index in [1.54, 1.807) is 35.0 Å². The van der Waals surface area contributed by atoms with Crippen molar-refractivity contribution < 1.29 is 9.18 Å². The lowest BCUT2D eigenvalue weighted by molar-refractivity contribution is -0.118. The van der Waals surface area contributed by atoms with Crippen LogP contribution in [0.5, 0.6) is 0 Å². The number of rotatable bonds is 4. The number of anilines is 1. The second-order valence-corrected chi connectivity index (χ2v) is 10.9. The van der Waals surface area contributed by atoms with E-state index in [9.17, 15) is 9.18 Å². The quantitative estimate of drug-likeness (QED) is 0.403. The third-order valence-electron chi connectivity index (χ3n) is 5.88. The molecular formula is C24H21Cl2FN4OS. The Bertz CT molecular complexity index is 1300. The molecule has 5 nitrogen and oxygen atoms in total. The van der Waals surface area contributed by atoms with Crippen molar-refractivity contribution in [3.63, 3.8) is 0 Å². The summed E-state index contributed by atoms with van der Waals surface area (Å²) in [4.78, 5) is 17.9. The number of aromatic nitrogens is 3. The highest BCUT2D eigenvalue weighted by atomic mass is 35.5. The number of Topliss-reactive ketones (excluding diaryl/α,β-unsaturated/α-hetero) is 1. The number of carbonyl (C=O) groups is 1. The van der Waals surface area contributed by atoms with Crippen LogP contribution in [0.15, 0.2) is 58.9 Å². The zero-order valence-corrected chi connectivity index (χ0v) is 20.4. The van der Waals surface area contributed by atoms with Crippen molar-refractivity contribution in [3.8, 4) is 0 Å². The number of nitrogens with one attached hydrogen (secondary N) is 1. The molecule has 0 unspecified atom stereocenters. The van der Waals surface area contributed by atoms with Crippen LogP contribution < -0.4 is 5.32 Å². The van der Waals surface area contributed by atoms with Crippen molar-refractivity contribution >= 4 is 46.7 Å². The minimum absolute atomic E-state index is 0.0616. The molecule has 1 aromatic heterocycles. The molecule has 2 aliphatic rings. The zero-order chi connectivity index (χ0) is 23.3. The van der Waals surface area contributed by atoms with Crippen molar-refractivity contribution in [2.75, 3.05) is 5.32 Å². The highest BCUT2D eigenvalue weighted by molar-refractivity contribution is 7.98. The fourth-order valence-corrected chi connectivity index (χ4v) is 5.75. The van der Waals surface area contributed by atoms with E-state index < -0.39 is 6.04 Å². The van der Waals surface area contributed by atoms with Crippen LogP contribution in [0.25, 0.3) is 0 Å². The van der Waals surface area contributed by atoms with Gasteiger partial charge in [0.1, 0.15) is 11.9 Å². The van der Waals surface area contributed by atoms with Crippen molar-refractivity contribution in [2.45, 2.75) is 43.6 Å². The van der Waals surface area contributed by atoms with Gasteiger partial charge in [0.15, 0.2) is 5.78 Å². The molecule has 9 heteroatoms. The molecule has 2 aromatic carbocycles. The van der Waals surface area contributed by atoms with Crippen LogP contribution in [0.2, 0.25) is 10.0 Å². The van der Waals surface area contributed by atoms with Crippen LogP contribution in [0, 0.1) is 11.2 Å². The SMILES string of the molecule is CC1(C)CC(=O)C2=C(C1)Nc1nc(SCc3ccccc3F)nn1[C@@H]2c1ccc(Cl)cc1Cl. The second-order valence-electron chi connectivity index (χ2n) is 9.07. The molecule has 33 heavy (non-hydrogen) atoms. The summed E-state index contributed by atoms with van der Waals surface area (Å²) in [6.45, 7) is 4.16. The third-order valence-corrected chi connectivity index (χ3v) is 7.33. The number of ketones is 1. The lowest BCUT2D eigenvalue weighted by atomic mass is 9.73. The van der Waals surface area contributed by atoms with Gasteiger partial charge in [0.05, 0.1) is 0 Å². The van der Waals surface area contributed by atoms with Crippen LogP contribution >= 0.6 is 35.0 Å². The number of fused-ring (bicyclic) bond motifs is 1. The van der Waals surface area contributed by atoms with Crippen LogP contribution in [0.4, 0.5) is 10.3 Å². The number of carbonyl (C=O) groups excluding carboxylic acids is 1. The van der Waals surface area contributed by atoms with Crippen molar-refractivity contribution in [1.82, 2.24) is 14.8 Å². The molecule has 2 heterocycles. The normalized spacial score (nSPS) is 19.2. The van der Waals surface area contributed by atoms with Gasteiger partial charge < -0.3 is 5.32 Å². The Labute approximate surface area is 205 Å². The van der Waals surface area contributed by atoms with Crippen LogP contribution in [0.1, 0.15) is 43.9 Å². The van der Waals surface area contributed by atoms with Gasteiger partial charge >= 0.3 is 0 Å².